The molecule has 1 aromatic carbocycles. The summed E-state index contributed by atoms with van der Waals surface area (Å²) in [7, 11) is 0. The molecule has 2 aliphatic rings. The molecule has 0 amide bonds. The summed E-state index contributed by atoms with van der Waals surface area (Å²) in [5.74, 6) is -0.828. The average Bonchev–Trinajstić information content (AvgIpc) is 2.74. The molecule has 1 saturated heterocycles. The molecule has 20 heavy (non-hydrogen) atoms. The zero-order valence-corrected chi connectivity index (χ0v) is 12.0. The molecule has 4 nitrogen and oxygen atoms in total. The average molecular weight is 274 g/mol. The van der Waals surface area contributed by atoms with Crippen LogP contribution in [0.1, 0.15) is 42.1 Å². The number of benzene rings is 1. The molecular weight excluding hydrogens is 252 g/mol. The van der Waals surface area contributed by atoms with Crippen molar-refractivity contribution in [3.63, 3.8) is 0 Å². The predicted molar refractivity (Wildman–Crippen MR) is 79.7 cm³/mol. The first-order valence-electron chi connectivity index (χ1n) is 7.50. The summed E-state index contributed by atoms with van der Waals surface area (Å²) in [6, 6.07) is 5.66. The van der Waals surface area contributed by atoms with Gasteiger partial charge in [0.15, 0.2) is 0 Å². The van der Waals surface area contributed by atoms with Crippen molar-refractivity contribution in [1.29, 1.82) is 0 Å². The first kappa shape index (κ1) is 13.4. The minimum Gasteiger partial charge on any atom is -0.478 e. The molecule has 2 heterocycles. The lowest BCUT2D eigenvalue weighted by atomic mass is 9.74. The number of hydrogen-bond acceptors (Lipinski definition) is 3. The van der Waals surface area contributed by atoms with Crippen molar-refractivity contribution in [1.82, 2.24) is 5.32 Å². The van der Waals surface area contributed by atoms with Crippen molar-refractivity contribution in [2.45, 2.75) is 31.6 Å². The lowest BCUT2D eigenvalue weighted by molar-refractivity contribution is 0.0696. The number of carboxylic acid groups (broad SMARTS) is 1. The Morgan fingerprint density at radius 3 is 2.80 bits per heavy atom. The topological polar surface area (TPSA) is 52.6 Å². The molecule has 1 fully saturated rings. The van der Waals surface area contributed by atoms with Gasteiger partial charge in [-0.15, -0.1) is 0 Å². The Hall–Kier alpha value is -1.55. The Labute approximate surface area is 119 Å². The van der Waals surface area contributed by atoms with Gasteiger partial charge in [-0.25, -0.2) is 4.79 Å². The molecule has 0 aromatic heterocycles. The number of anilines is 1. The van der Waals surface area contributed by atoms with Crippen LogP contribution in [0.25, 0.3) is 0 Å². The Balaban J connectivity index is 2.05. The van der Waals surface area contributed by atoms with E-state index in [0.29, 0.717) is 5.56 Å². The van der Waals surface area contributed by atoms with E-state index in [1.54, 1.807) is 6.07 Å². The molecule has 2 N–H and O–H groups in total. The number of fused-ring (bicyclic) bond motifs is 2. The molecule has 4 heteroatoms. The second-order valence-electron chi connectivity index (χ2n) is 5.99. The molecule has 0 atom stereocenters. The summed E-state index contributed by atoms with van der Waals surface area (Å²) in [4.78, 5) is 13.7. The van der Waals surface area contributed by atoms with Crippen LogP contribution in [0.2, 0.25) is 0 Å². The van der Waals surface area contributed by atoms with E-state index in [1.807, 2.05) is 12.1 Å². The van der Waals surface area contributed by atoms with Gasteiger partial charge in [-0.2, -0.15) is 0 Å². The molecule has 3 rings (SSSR count). The highest BCUT2D eigenvalue weighted by molar-refractivity contribution is 5.89. The van der Waals surface area contributed by atoms with E-state index < -0.39 is 5.97 Å². The largest absolute Gasteiger partial charge is 0.478 e. The summed E-state index contributed by atoms with van der Waals surface area (Å²) < 4.78 is 0. The van der Waals surface area contributed by atoms with Crippen molar-refractivity contribution in [3.05, 3.63) is 29.3 Å². The van der Waals surface area contributed by atoms with Crippen molar-refractivity contribution in [3.8, 4) is 0 Å². The maximum absolute atomic E-state index is 11.3. The Bertz CT molecular complexity index is 521. The highest BCUT2D eigenvalue weighted by Crippen LogP contribution is 2.46. The molecule has 0 saturated carbocycles. The van der Waals surface area contributed by atoms with Gasteiger partial charge in [-0.05, 0) is 56.1 Å². The van der Waals surface area contributed by atoms with Crippen molar-refractivity contribution >= 4 is 11.7 Å². The van der Waals surface area contributed by atoms with E-state index in [-0.39, 0.29) is 5.41 Å². The normalized spacial score (nSPS) is 20.1. The maximum Gasteiger partial charge on any atom is 0.335 e. The molecule has 0 aliphatic carbocycles. The molecule has 0 radical (unpaired) electrons. The molecule has 108 valence electrons. The number of nitrogens with zero attached hydrogens (tertiary/aromatic N) is 1. The molecule has 0 unspecified atom stereocenters. The highest BCUT2D eigenvalue weighted by Gasteiger charge is 2.43. The second-order valence-corrected chi connectivity index (χ2v) is 5.99. The number of aromatic carboxylic acids is 1. The third-order valence-electron chi connectivity index (χ3n) is 4.70. The van der Waals surface area contributed by atoms with Crippen LogP contribution in [0.15, 0.2) is 18.2 Å². The van der Waals surface area contributed by atoms with Gasteiger partial charge in [-0.1, -0.05) is 6.92 Å². The monoisotopic (exact) mass is 274 g/mol. The van der Waals surface area contributed by atoms with Crippen LogP contribution >= 0.6 is 0 Å². The van der Waals surface area contributed by atoms with Gasteiger partial charge in [0.2, 0.25) is 0 Å². The van der Waals surface area contributed by atoms with Crippen LogP contribution in [-0.4, -0.2) is 37.3 Å². The predicted octanol–water partition coefficient (Wildman–Crippen LogP) is 2.24. The zero-order chi connectivity index (χ0) is 14.2. The minimum absolute atomic E-state index is 0.154. The first-order valence-corrected chi connectivity index (χ1v) is 7.50. The quantitative estimate of drug-likeness (QED) is 0.887. The Morgan fingerprint density at radius 2 is 2.15 bits per heavy atom. The fraction of sp³-hybridized carbons (Fsp3) is 0.562. The summed E-state index contributed by atoms with van der Waals surface area (Å²) in [5.41, 5.74) is 3.08. The highest BCUT2D eigenvalue weighted by atomic mass is 16.4. The summed E-state index contributed by atoms with van der Waals surface area (Å²) in [6.45, 7) is 6.33. The van der Waals surface area contributed by atoms with E-state index in [9.17, 15) is 9.90 Å². The van der Waals surface area contributed by atoms with E-state index in [1.165, 1.54) is 11.3 Å². The summed E-state index contributed by atoms with van der Waals surface area (Å²) in [5, 5.41) is 12.7. The van der Waals surface area contributed by atoms with Crippen LogP contribution in [0.3, 0.4) is 0 Å². The second kappa shape index (κ2) is 5.09. The molecular formula is C16H22N2O2. The van der Waals surface area contributed by atoms with E-state index in [4.69, 9.17) is 0 Å². The Morgan fingerprint density at radius 1 is 1.40 bits per heavy atom. The fourth-order valence-corrected chi connectivity index (χ4v) is 3.71. The SMILES string of the molecule is CCCN1CC2(CCNCC2)c2cc(C(=O)O)ccc21. The lowest BCUT2D eigenvalue weighted by Crippen LogP contribution is -2.43. The van der Waals surface area contributed by atoms with Gasteiger partial charge < -0.3 is 15.3 Å². The minimum atomic E-state index is -0.828. The van der Waals surface area contributed by atoms with Crippen LogP contribution in [-0.2, 0) is 5.41 Å². The van der Waals surface area contributed by atoms with Crippen LogP contribution in [0.4, 0.5) is 5.69 Å². The number of rotatable bonds is 3. The summed E-state index contributed by atoms with van der Waals surface area (Å²) >= 11 is 0. The van der Waals surface area contributed by atoms with Crippen molar-refractivity contribution in [2.24, 2.45) is 0 Å². The first-order chi connectivity index (χ1) is 9.66. The molecule has 0 bridgehead atoms. The third kappa shape index (κ3) is 2.08. The van der Waals surface area contributed by atoms with E-state index in [2.05, 4.69) is 17.1 Å². The van der Waals surface area contributed by atoms with Gasteiger partial charge in [0.25, 0.3) is 0 Å². The number of nitrogens with one attached hydrogen (secondary N) is 1. The van der Waals surface area contributed by atoms with Gasteiger partial charge in [-0.3, -0.25) is 0 Å². The van der Waals surface area contributed by atoms with Gasteiger partial charge in [0.05, 0.1) is 5.56 Å². The maximum atomic E-state index is 11.3. The fourth-order valence-electron chi connectivity index (χ4n) is 3.71. The number of carbonyl (C=O) groups is 1. The smallest absolute Gasteiger partial charge is 0.335 e. The number of carboxylic acids is 1. The number of hydrogen-bond donors (Lipinski definition) is 2. The lowest BCUT2D eigenvalue weighted by Gasteiger charge is -2.35. The van der Waals surface area contributed by atoms with Crippen molar-refractivity contribution < 1.29 is 9.90 Å². The van der Waals surface area contributed by atoms with Crippen LogP contribution in [0.5, 0.6) is 0 Å². The molecule has 2 aliphatic heterocycles. The summed E-state index contributed by atoms with van der Waals surface area (Å²) in [6.07, 6.45) is 3.32. The number of piperidine rings is 1. The van der Waals surface area contributed by atoms with Crippen LogP contribution in [0, 0.1) is 0 Å². The van der Waals surface area contributed by atoms with Crippen LogP contribution < -0.4 is 10.2 Å². The molecule has 1 spiro atoms. The Kier molecular flexibility index (Phi) is 3.42. The standard InChI is InChI=1S/C16H22N2O2/c1-2-9-18-11-16(5-7-17-8-6-16)13-10-12(15(19)20)3-4-14(13)18/h3-4,10,17H,2,5-9,11H2,1H3,(H,19,20). The zero-order valence-electron chi connectivity index (χ0n) is 12.0. The van der Waals surface area contributed by atoms with E-state index in [0.717, 1.165) is 45.4 Å². The third-order valence-corrected chi connectivity index (χ3v) is 4.70. The van der Waals surface area contributed by atoms with Crippen molar-refractivity contribution in [2.75, 3.05) is 31.1 Å². The van der Waals surface area contributed by atoms with Gasteiger partial charge in [0, 0.05) is 24.2 Å². The van der Waals surface area contributed by atoms with E-state index >= 15 is 0 Å². The van der Waals surface area contributed by atoms with Gasteiger partial charge >= 0.3 is 5.97 Å². The molecule has 1 aromatic rings. The van der Waals surface area contributed by atoms with Gasteiger partial charge in [0.1, 0.15) is 0 Å².